The fourth-order valence-corrected chi connectivity index (χ4v) is 2.21. The number of amides is 1. The van der Waals surface area contributed by atoms with Crippen LogP contribution >= 0.6 is 0 Å². The molecule has 2 rings (SSSR count). The molecule has 0 radical (unpaired) electrons. The van der Waals surface area contributed by atoms with E-state index in [2.05, 4.69) is 10.6 Å². The third kappa shape index (κ3) is 3.20. The summed E-state index contributed by atoms with van der Waals surface area (Å²) in [7, 11) is 0. The average molecular weight is 251 g/mol. The summed E-state index contributed by atoms with van der Waals surface area (Å²) in [4.78, 5) is 11.2. The Labute approximate surface area is 106 Å². The Hall–Kier alpha value is -1.62. The molecule has 1 aliphatic heterocycles. The van der Waals surface area contributed by atoms with Crippen LogP contribution in [0.2, 0.25) is 0 Å². The molecule has 1 aromatic carbocycles. The molecule has 1 aromatic rings. The summed E-state index contributed by atoms with van der Waals surface area (Å²) in [5.41, 5.74) is 6.02. The lowest BCUT2D eigenvalue weighted by molar-refractivity contribution is 0.100. The van der Waals surface area contributed by atoms with Crippen LogP contribution in [0.4, 0.5) is 10.1 Å². The van der Waals surface area contributed by atoms with Gasteiger partial charge in [0.2, 0.25) is 0 Å². The molecule has 1 aliphatic rings. The number of primary amides is 1. The lowest BCUT2D eigenvalue weighted by atomic mass is 10.0. The molecule has 1 fully saturated rings. The van der Waals surface area contributed by atoms with Gasteiger partial charge in [0, 0.05) is 18.3 Å². The van der Waals surface area contributed by atoms with E-state index < -0.39 is 11.7 Å². The third-order valence-corrected chi connectivity index (χ3v) is 3.20. The quantitative estimate of drug-likeness (QED) is 0.759. The molecule has 0 saturated carbocycles. The van der Waals surface area contributed by atoms with Crippen molar-refractivity contribution in [2.45, 2.75) is 25.3 Å². The average Bonchev–Trinajstić information content (AvgIpc) is 2.38. The highest BCUT2D eigenvalue weighted by Gasteiger charge is 2.14. The second kappa shape index (κ2) is 5.82. The normalized spacial score (nSPS) is 19.5. The monoisotopic (exact) mass is 251 g/mol. The largest absolute Gasteiger partial charge is 0.383 e. The minimum atomic E-state index is -0.617. The Morgan fingerprint density at radius 3 is 3.00 bits per heavy atom. The Morgan fingerprint density at radius 1 is 1.50 bits per heavy atom. The van der Waals surface area contributed by atoms with Crippen molar-refractivity contribution in [3.8, 4) is 0 Å². The summed E-state index contributed by atoms with van der Waals surface area (Å²) in [5.74, 6) is -1.07. The smallest absolute Gasteiger partial charge is 0.250 e. The first kappa shape index (κ1) is 12.8. The van der Waals surface area contributed by atoms with Crippen molar-refractivity contribution < 1.29 is 9.18 Å². The van der Waals surface area contributed by atoms with E-state index in [1.54, 1.807) is 6.07 Å². The SMILES string of the molecule is NC(=O)c1cc(F)ccc1NCC1CCCCN1. The number of benzene rings is 1. The highest BCUT2D eigenvalue weighted by atomic mass is 19.1. The van der Waals surface area contributed by atoms with Crippen LogP contribution in [0.3, 0.4) is 0 Å². The van der Waals surface area contributed by atoms with E-state index in [-0.39, 0.29) is 5.56 Å². The van der Waals surface area contributed by atoms with E-state index in [0.717, 1.165) is 13.0 Å². The van der Waals surface area contributed by atoms with Crippen LogP contribution in [0.15, 0.2) is 18.2 Å². The zero-order chi connectivity index (χ0) is 13.0. The molecular formula is C13H18FN3O. The molecule has 1 amide bonds. The van der Waals surface area contributed by atoms with Gasteiger partial charge in [-0.05, 0) is 37.6 Å². The summed E-state index contributed by atoms with van der Waals surface area (Å²) in [6.45, 7) is 1.74. The molecule has 0 aliphatic carbocycles. The number of anilines is 1. The maximum absolute atomic E-state index is 13.1. The van der Waals surface area contributed by atoms with E-state index in [1.807, 2.05) is 0 Å². The molecule has 4 nitrogen and oxygen atoms in total. The van der Waals surface area contributed by atoms with Crippen LogP contribution in [-0.2, 0) is 0 Å². The zero-order valence-electron chi connectivity index (χ0n) is 10.2. The Bertz CT molecular complexity index is 430. The van der Waals surface area contributed by atoms with E-state index in [4.69, 9.17) is 5.73 Å². The summed E-state index contributed by atoms with van der Waals surface area (Å²) >= 11 is 0. The van der Waals surface area contributed by atoms with Crippen LogP contribution in [0.1, 0.15) is 29.6 Å². The number of nitrogens with two attached hydrogens (primary N) is 1. The van der Waals surface area contributed by atoms with Crippen molar-refractivity contribution in [3.63, 3.8) is 0 Å². The van der Waals surface area contributed by atoms with E-state index >= 15 is 0 Å². The van der Waals surface area contributed by atoms with Gasteiger partial charge in [-0.25, -0.2) is 4.39 Å². The number of hydrogen-bond donors (Lipinski definition) is 3. The summed E-state index contributed by atoms with van der Waals surface area (Å²) < 4.78 is 13.1. The topological polar surface area (TPSA) is 67.2 Å². The van der Waals surface area contributed by atoms with Gasteiger partial charge in [0.25, 0.3) is 5.91 Å². The van der Waals surface area contributed by atoms with Crippen molar-refractivity contribution in [2.24, 2.45) is 5.73 Å². The molecule has 1 heterocycles. The Morgan fingerprint density at radius 2 is 2.33 bits per heavy atom. The first-order valence-electron chi connectivity index (χ1n) is 6.23. The predicted molar refractivity (Wildman–Crippen MR) is 69.0 cm³/mol. The van der Waals surface area contributed by atoms with Crippen molar-refractivity contribution in [1.82, 2.24) is 5.32 Å². The minimum absolute atomic E-state index is 0.200. The number of halogens is 1. The number of rotatable bonds is 4. The van der Waals surface area contributed by atoms with Gasteiger partial charge in [-0.1, -0.05) is 6.42 Å². The van der Waals surface area contributed by atoms with Crippen molar-refractivity contribution in [3.05, 3.63) is 29.6 Å². The van der Waals surface area contributed by atoms with Gasteiger partial charge in [-0.3, -0.25) is 4.79 Å². The lowest BCUT2D eigenvalue weighted by Crippen LogP contribution is -2.39. The lowest BCUT2D eigenvalue weighted by Gasteiger charge is -2.24. The molecule has 4 N–H and O–H groups in total. The molecule has 1 unspecified atom stereocenters. The number of carbonyl (C=O) groups is 1. The standard InChI is InChI=1S/C13H18FN3O/c14-9-4-5-12(11(7-9)13(15)18)17-8-10-3-1-2-6-16-10/h4-5,7,10,16-17H,1-3,6,8H2,(H2,15,18). The molecule has 1 atom stereocenters. The number of nitrogens with one attached hydrogen (secondary N) is 2. The minimum Gasteiger partial charge on any atom is -0.383 e. The Balaban J connectivity index is 2.01. The second-order valence-corrected chi connectivity index (χ2v) is 4.58. The molecular weight excluding hydrogens is 233 g/mol. The number of hydrogen-bond acceptors (Lipinski definition) is 3. The van der Waals surface area contributed by atoms with Gasteiger partial charge in [-0.2, -0.15) is 0 Å². The van der Waals surface area contributed by atoms with Gasteiger partial charge in [-0.15, -0.1) is 0 Å². The second-order valence-electron chi connectivity index (χ2n) is 4.58. The zero-order valence-corrected chi connectivity index (χ0v) is 10.2. The van der Waals surface area contributed by atoms with Gasteiger partial charge >= 0.3 is 0 Å². The Kier molecular flexibility index (Phi) is 4.15. The van der Waals surface area contributed by atoms with E-state index in [1.165, 1.54) is 25.0 Å². The maximum atomic E-state index is 13.1. The molecule has 18 heavy (non-hydrogen) atoms. The number of carbonyl (C=O) groups excluding carboxylic acids is 1. The van der Waals surface area contributed by atoms with Crippen LogP contribution in [0, 0.1) is 5.82 Å². The van der Waals surface area contributed by atoms with Gasteiger partial charge in [0.1, 0.15) is 5.82 Å². The highest BCUT2D eigenvalue weighted by molar-refractivity contribution is 5.98. The fraction of sp³-hybridized carbons (Fsp3) is 0.462. The van der Waals surface area contributed by atoms with E-state index in [9.17, 15) is 9.18 Å². The van der Waals surface area contributed by atoms with Crippen LogP contribution < -0.4 is 16.4 Å². The van der Waals surface area contributed by atoms with Crippen LogP contribution in [0.5, 0.6) is 0 Å². The molecule has 0 spiro atoms. The van der Waals surface area contributed by atoms with Gasteiger partial charge < -0.3 is 16.4 Å². The first-order valence-corrected chi connectivity index (χ1v) is 6.23. The van der Waals surface area contributed by atoms with Crippen molar-refractivity contribution in [1.29, 1.82) is 0 Å². The van der Waals surface area contributed by atoms with Crippen molar-refractivity contribution >= 4 is 11.6 Å². The molecule has 0 bridgehead atoms. The number of piperidine rings is 1. The molecule has 5 heteroatoms. The molecule has 1 saturated heterocycles. The first-order chi connectivity index (χ1) is 8.66. The summed E-state index contributed by atoms with van der Waals surface area (Å²) in [6, 6.07) is 4.44. The fourth-order valence-electron chi connectivity index (χ4n) is 2.21. The summed E-state index contributed by atoms with van der Waals surface area (Å²) in [6.07, 6.45) is 3.53. The highest BCUT2D eigenvalue weighted by Crippen LogP contribution is 2.17. The summed E-state index contributed by atoms with van der Waals surface area (Å²) in [5, 5.41) is 6.56. The van der Waals surface area contributed by atoms with Crippen molar-refractivity contribution in [2.75, 3.05) is 18.4 Å². The van der Waals surface area contributed by atoms with Gasteiger partial charge in [0.15, 0.2) is 0 Å². The van der Waals surface area contributed by atoms with Crippen LogP contribution in [-0.4, -0.2) is 25.0 Å². The van der Waals surface area contributed by atoms with Crippen LogP contribution in [0.25, 0.3) is 0 Å². The molecule has 0 aromatic heterocycles. The van der Waals surface area contributed by atoms with Gasteiger partial charge in [0.05, 0.1) is 5.56 Å². The van der Waals surface area contributed by atoms with E-state index in [0.29, 0.717) is 18.3 Å². The third-order valence-electron chi connectivity index (χ3n) is 3.20. The predicted octanol–water partition coefficient (Wildman–Crippen LogP) is 1.48. The maximum Gasteiger partial charge on any atom is 0.250 e. The molecule has 98 valence electrons.